The van der Waals surface area contributed by atoms with Gasteiger partial charge < -0.3 is 15.1 Å². The van der Waals surface area contributed by atoms with Gasteiger partial charge in [0.25, 0.3) is 5.91 Å². The van der Waals surface area contributed by atoms with Crippen LogP contribution in [0, 0.1) is 6.92 Å². The smallest absolute Gasteiger partial charge is 0.279 e. The Morgan fingerprint density at radius 3 is 2.42 bits per heavy atom. The van der Waals surface area contributed by atoms with Crippen LogP contribution >= 0.6 is 23.2 Å². The van der Waals surface area contributed by atoms with E-state index in [0.29, 0.717) is 22.3 Å². The van der Waals surface area contributed by atoms with Crippen LogP contribution in [0.5, 0.6) is 0 Å². The lowest BCUT2D eigenvalue weighted by Gasteiger charge is -2.29. The maximum atomic E-state index is 12.3. The van der Waals surface area contributed by atoms with Gasteiger partial charge in [0.2, 0.25) is 0 Å². The van der Waals surface area contributed by atoms with Crippen molar-refractivity contribution in [2.75, 3.05) is 38.0 Å². The van der Waals surface area contributed by atoms with Crippen LogP contribution in [0.3, 0.4) is 0 Å². The van der Waals surface area contributed by atoms with Gasteiger partial charge in [-0.2, -0.15) is 0 Å². The van der Waals surface area contributed by atoms with Gasteiger partial charge in [0.1, 0.15) is 32.7 Å². The fourth-order valence-electron chi connectivity index (χ4n) is 3.41. The molecule has 0 aromatic heterocycles. The van der Waals surface area contributed by atoms with Crippen molar-refractivity contribution in [3.05, 3.63) is 63.6 Å². The third kappa shape index (κ3) is 4.98. The van der Waals surface area contributed by atoms with E-state index in [1.807, 2.05) is 0 Å². The summed E-state index contributed by atoms with van der Waals surface area (Å²) in [5.41, 5.74) is 3.35. The van der Waals surface area contributed by atoms with Crippen molar-refractivity contribution in [2.24, 2.45) is 0 Å². The Labute approximate surface area is 164 Å². The number of rotatable bonds is 5. The molecule has 6 heteroatoms. The number of benzene rings is 2. The Hall–Kier alpha value is -1.59. The summed E-state index contributed by atoms with van der Waals surface area (Å²) in [6.45, 7) is 7.84. The van der Waals surface area contributed by atoms with E-state index in [9.17, 15) is 4.79 Å². The van der Waals surface area contributed by atoms with E-state index in [1.54, 1.807) is 23.1 Å². The zero-order valence-corrected chi connectivity index (χ0v) is 16.5. The summed E-state index contributed by atoms with van der Waals surface area (Å²) in [5, 5.41) is 3.72. The van der Waals surface area contributed by atoms with Gasteiger partial charge in [-0.3, -0.25) is 4.79 Å². The topological polar surface area (TPSA) is 38.0 Å². The van der Waals surface area contributed by atoms with Gasteiger partial charge in [-0.05, 0) is 24.6 Å². The largest absolute Gasteiger partial charge is 0.322 e. The zero-order chi connectivity index (χ0) is 18.5. The maximum Gasteiger partial charge on any atom is 0.279 e. The molecule has 2 aromatic rings. The standard InChI is InChI=1S/C20H23Cl2N3O/c1-15-5-2-3-6-16(15)13-24-9-11-25(12-10-24)14-19(26)23-18-8-4-7-17(21)20(18)22/h2-8H,9-14H2,1H3,(H,23,26)/p+2. The highest BCUT2D eigenvalue weighted by Gasteiger charge is 2.25. The zero-order valence-electron chi connectivity index (χ0n) is 14.9. The molecule has 26 heavy (non-hydrogen) atoms. The summed E-state index contributed by atoms with van der Waals surface area (Å²) in [7, 11) is 0. The summed E-state index contributed by atoms with van der Waals surface area (Å²) in [6, 6.07) is 13.8. The molecule has 1 saturated heterocycles. The second-order valence-corrected chi connectivity index (χ2v) is 7.71. The van der Waals surface area contributed by atoms with Gasteiger partial charge in [0.05, 0.1) is 15.7 Å². The Kier molecular flexibility index (Phi) is 6.54. The predicted octanol–water partition coefficient (Wildman–Crippen LogP) is 1.22. The van der Waals surface area contributed by atoms with Gasteiger partial charge in [0, 0.05) is 5.56 Å². The Bertz CT molecular complexity index is 773. The second-order valence-electron chi connectivity index (χ2n) is 6.93. The fourth-order valence-corrected chi connectivity index (χ4v) is 3.76. The molecule has 138 valence electrons. The van der Waals surface area contributed by atoms with Gasteiger partial charge in [0.15, 0.2) is 6.54 Å². The minimum Gasteiger partial charge on any atom is -0.322 e. The monoisotopic (exact) mass is 393 g/mol. The summed E-state index contributed by atoms with van der Waals surface area (Å²) in [5.74, 6) is -0.0217. The SMILES string of the molecule is Cc1ccccc1C[NH+]1CC[NH+](CC(=O)Nc2cccc(Cl)c2Cl)CC1. The first-order chi connectivity index (χ1) is 12.5. The molecule has 0 aliphatic carbocycles. The maximum absolute atomic E-state index is 12.3. The number of piperazine rings is 1. The lowest BCUT2D eigenvalue weighted by molar-refractivity contribution is -1.02. The molecular formula is C20H25Cl2N3O+2. The van der Waals surface area contributed by atoms with Crippen molar-refractivity contribution in [1.29, 1.82) is 0 Å². The molecule has 3 rings (SSSR count). The first-order valence-corrected chi connectivity index (χ1v) is 9.74. The molecule has 0 bridgehead atoms. The molecule has 1 amide bonds. The minimum atomic E-state index is -0.0217. The van der Waals surface area contributed by atoms with Crippen LogP contribution in [0.25, 0.3) is 0 Å². The van der Waals surface area contributed by atoms with E-state index in [1.165, 1.54) is 16.0 Å². The van der Waals surface area contributed by atoms with Gasteiger partial charge in [-0.15, -0.1) is 0 Å². The van der Waals surface area contributed by atoms with Crippen LogP contribution in [0.4, 0.5) is 5.69 Å². The lowest BCUT2D eigenvalue weighted by Crippen LogP contribution is -3.28. The van der Waals surface area contributed by atoms with Gasteiger partial charge >= 0.3 is 0 Å². The molecule has 0 unspecified atom stereocenters. The molecule has 0 atom stereocenters. The number of hydrogen-bond acceptors (Lipinski definition) is 1. The summed E-state index contributed by atoms with van der Waals surface area (Å²) in [4.78, 5) is 15.2. The van der Waals surface area contributed by atoms with Crippen molar-refractivity contribution >= 4 is 34.8 Å². The van der Waals surface area contributed by atoms with Crippen molar-refractivity contribution in [3.8, 4) is 0 Å². The normalized spacial score (nSPS) is 20.0. The molecule has 0 radical (unpaired) electrons. The molecule has 1 aliphatic heterocycles. The van der Waals surface area contributed by atoms with E-state index in [-0.39, 0.29) is 5.91 Å². The molecule has 0 spiro atoms. The first kappa shape index (κ1) is 19.2. The van der Waals surface area contributed by atoms with Crippen LogP contribution in [-0.4, -0.2) is 38.6 Å². The highest BCUT2D eigenvalue weighted by molar-refractivity contribution is 6.43. The highest BCUT2D eigenvalue weighted by atomic mass is 35.5. The number of aryl methyl sites for hydroxylation is 1. The highest BCUT2D eigenvalue weighted by Crippen LogP contribution is 2.29. The number of carbonyl (C=O) groups excluding carboxylic acids is 1. The van der Waals surface area contributed by atoms with E-state index in [4.69, 9.17) is 23.2 Å². The van der Waals surface area contributed by atoms with Gasteiger partial charge in [-0.1, -0.05) is 53.5 Å². The lowest BCUT2D eigenvalue weighted by atomic mass is 10.1. The minimum absolute atomic E-state index is 0.0217. The Morgan fingerprint density at radius 1 is 1.00 bits per heavy atom. The number of amides is 1. The van der Waals surface area contributed by atoms with Crippen LogP contribution in [0.2, 0.25) is 10.0 Å². The fraction of sp³-hybridized carbons (Fsp3) is 0.350. The molecule has 1 heterocycles. The van der Waals surface area contributed by atoms with Crippen molar-refractivity contribution < 1.29 is 14.6 Å². The van der Waals surface area contributed by atoms with Crippen LogP contribution in [0.1, 0.15) is 11.1 Å². The number of quaternary nitrogens is 2. The van der Waals surface area contributed by atoms with Crippen LogP contribution in [-0.2, 0) is 11.3 Å². The van der Waals surface area contributed by atoms with E-state index < -0.39 is 0 Å². The van der Waals surface area contributed by atoms with E-state index in [0.717, 1.165) is 32.7 Å². The Balaban J connectivity index is 1.47. The number of halogens is 2. The molecule has 3 N–H and O–H groups in total. The van der Waals surface area contributed by atoms with E-state index >= 15 is 0 Å². The first-order valence-electron chi connectivity index (χ1n) is 8.98. The summed E-state index contributed by atoms with van der Waals surface area (Å²) in [6.07, 6.45) is 0. The molecular weight excluding hydrogens is 369 g/mol. The molecule has 1 aliphatic rings. The third-order valence-electron chi connectivity index (χ3n) is 5.00. The summed E-state index contributed by atoms with van der Waals surface area (Å²) >= 11 is 12.1. The van der Waals surface area contributed by atoms with Crippen molar-refractivity contribution in [3.63, 3.8) is 0 Å². The van der Waals surface area contributed by atoms with Gasteiger partial charge in [-0.25, -0.2) is 0 Å². The van der Waals surface area contributed by atoms with Crippen molar-refractivity contribution in [1.82, 2.24) is 0 Å². The average Bonchev–Trinajstić information content (AvgIpc) is 2.62. The predicted molar refractivity (Wildman–Crippen MR) is 106 cm³/mol. The Morgan fingerprint density at radius 2 is 1.69 bits per heavy atom. The third-order valence-corrected chi connectivity index (χ3v) is 5.82. The quantitative estimate of drug-likeness (QED) is 0.701. The molecule has 4 nitrogen and oxygen atoms in total. The number of carbonyl (C=O) groups is 1. The number of anilines is 1. The molecule has 2 aromatic carbocycles. The molecule has 0 saturated carbocycles. The molecule has 1 fully saturated rings. The van der Waals surface area contributed by atoms with Crippen molar-refractivity contribution in [2.45, 2.75) is 13.5 Å². The van der Waals surface area contributed by atoms with E-state index in [2.05, 4.69) is 36.5 Å². The number of nitrogens with one attached hydrogen (secondary N) is 3. The average molecular weight is 394 g/mol. The second kappa shape index (κ2) is 8.87. The van der Waals surface area contributed by atoms with Crippen LogP contribution in [0.15, 0.2) is 42.5 Å². The summed E-state index contributed by atoms with van der Waals surface area (Å²) < 4.78 is 0. The number of hydrogen-bond donors (Lipinski definition) is 3. The van der Waals surface area contributed by atoms with Crippen LogP contribution < -0.4 is 15.1 Å².